The van der Waals surface area contributed by atoms with Crippen LogP contribution in [0.2, 0.25) is 5.02 Å². The molecule has 0 aliphatic rings. The highest BCUT2D eigenvalue weighted by molar-refractivity contribution is 6.31. The van der Waals surface area contributed by atoms with Crippen LogP contribution in [0.15, 0.2) is 61.7 Å². The molecule has 0 aliphatic heterocycles. The number of halogens is 1. The van der Waals surface area contributed by atoms with Gasteiger partial charge in [-0.15, -0.1) is 0 Å². The van der Waals surface area contributed by atoms with Gasteiger partial charge in [-0.1, -0.05) is 29.8 Å². The summed E-state index contributed by atoms with van der Waals surface area (Å²) in [5, 5.41) is 0.822. The van der Waals surface area contributed by atoms with E-state index < -0.39 is 0 Å². The van der Waals surface area contributed by atoms with Crippen molar-refractivity contribution in [2.24, 2.45) is 0 Å². The second-order valence-corrected chi connectivity index (χ2v) is 5.88. The highest BCUT2D eigenvalue weighted by Gasteiger charge is 2.09. The molecule has 3 aromatic rings. The van der Waals surface area contributed by atoms with Crippen molar-refractivity contribution < 1.29 is 0 Å². The van der Waals surface area contributed by atoms with Gasteiger partial charge in [-0.2, -0.15) is 0 Å². The van der Waals surface area contributed by atoms with Crippen LogP contribution >= 0.6 is 11.6 Å². The topological polar surface area (TPSA) is 38.9 Å². The van der Waals surface area contributed by atoms with Gasteiger partial charge in [-0.05, 0) is 11.6 Å². The molecule has 0 saturated carbocycles. The molecule has 0 atom stereocenters. The maximum absolute atomic E-state index is 6.31. The van der Waals surface area contributed by atoms with Crippen molar-refractivity contribution in [3.8, 4) is 0 Å². The fourth-order valence-electron chi connectivity index (χ4n) is 2.49. The van der Waals surface area contributed by atoms with Crippen LogP contribution in [-0.4, -0.2) is 37.1 Å². The highest BCUT2D eigenvalue weighted by atomic mass is 35.5. The zero-order valence-electron chi connectivity index (χ0n) is 12.9. The second-order valence-electron chi connectivity index (χ2n) is 5.47. The van der Waals surface area contributed by atoms with Gasteiger partial charge in [0.1, 0.15) is 0 Å². The summed E-state index contributed by atoms with van der Waals surface area (Å²) in [6.07, 6.45) is 11.3. The van der Waals surface area contributed by atoms with Crippen LogP contribution < -0.4 is 0 Å². The van der Waals surface area contributed by atoms with E-state index in [0.29, 0.717) is 0 Å². The lowest BCUT2D eigenvalue weighted by molar-refractivity contribution is 0.244. The molecule has 3 rings (SSSR count). The van der Waals surface area contributed by atoms with Gasteiger partial charge in [-0.3, -0.25) is 4.90 Å². The molecule has 0 N–H and O–H groups in total. The third-order valence-corrected chi connectivity index (χ3v) is 4.19. The van der Waals surface area contributed by atoms with E-state index in [9.17, 15) is 0 Å². The van der Waals surface area contributed by atoms with E-state index in [-0.39, 0.29) is 0 Å². The first-order valence-corrected chi connectivity index (χ1v) is 8.06. The maximum Gasteiger partial charge on any atom is 0.0946 e. The average Bonchev–Trinajstić information content (AvgIpc) is 3.25. The average molecular weight is 330 g/mol. The van der Waals surface area contributed by atoms with Gasteiger partial charge in [-0.25, -0.2) is 9.97 Å². The molecule has 0 radical (unpaired) electrons. The van der Waals surface area contributed by atoms with Crippen LogP contribution in [0.3, 0.4) is 0 Å². The molecule has 0 unspecified atom stereocenters. The normalized spacial score (nSPS) is 11.2. The number of hydrogen-bond donors (Lipinski definition) is 0. The standard InChI is InChI=1S/C17H20ClN5/c18-17-4-2-1-3-16(17)13-21(9-11-22-7-5-19-14-22)10-12-23-8-6-20-15-23/h1-8,14-15H,9-13H2. The summed E-state index contributed by atoms with van der Waals surface area (Å²) in [6.45, 7) is 4.54. The van der Waals surface area contributed by atoms with E-state index in [1.165, 1.54) is 0 Å². The number of hydrogen-bond acceptors (Lipinski definition) is 3. The number of imidazole rings is 2. The van der Waals surface area contributed by atoms with Crippen LogP contribution in [0.5, 0.6) is 0 Å². The van der Waals surface area contributed by atoms with Crippen molar-refractivity contribution in [1.29, 1.82) is 0 Å². The Labute approximate surface area is 141 Å². The second kappa shape index (κ2) is 7.94. The first kappa shape index (κ1) is 15.8. The van der Waals surface area contributed by atoms with Crippen molar-refractivity contribution in [2.75, 3.05) is 13.1 Å². The number of aromatic nitrogens is 4. The minimum atomic E-state index is 0.822. The molecule has 5 nitrogen and oxygen atoms in total. The van der Waals surface area contributed by atoms with E-state index in [4.69, 9.17) is 11.6 Å². The third-order valence-electron chi connectivity index (χ3n) is 3.82. The molecule has 2 aromatic heterocycles. The Balaban J connectivity index is 1.63. The van der Waals surface area contributed by atoms with Gasteiger partial charge < -0.3 is 9.13 Å². The van der Waals surface area contributed by atoms with Gasteiger partial charge in [0.15, 0.2) is 0 Å². The summed E-state index contributed by atoms with van der Waals surface area (Å²) < 4.78 is 4.19. The monoisotopic (exact) mass is 329 g/mol. The predicted octanol–water partition coefficient (Wildman–Crippen LogP) is 2.94. The number of rotatable bonds is 8. The van der Waals surface area contributed by atoms with Crippen molar-refractivity contribution in [1.82, 2.24) is 24.0 Å². The molecular weight excluding hydrogens is 310 g/mol. The third kappa shape index (κ3) is 4.68. The van der Waals surface area contributed by atoms with Crippen molar-refractivity contribution in [3.05, 3.63) is 72.3 Å². The maximum atomic E-state index is 6.31. The van der Waals surface area contributed by atoms with Crippen LogP contribution in [-0.2, 0) is 19.6 Å². The molecule has 6 heteroatoms. The van der Waals surface area contributed by atoms with E-state index in [1.807, 2.05) is 55.6 Å². The van der Waals surface area contributed by atoms with Crippen LogP contribution in [0.25, 0.3) is 0 Å². The smallest absolute Gasteiger partial charge is 0.0946 e. The minimum Gasteiger partial charge on any atom is -0.336 e. The lowest BCUT2D eigenvalue weighted by atomic mass is 10.2. The highest BCUT2D eigenvalue weighted by Crippen LogP contribution is 2.17. The first-order chi connectivity index (χ1) is 11.3. The fraction of sp³-hybridized carbons (Fsp3) is 0.294. The van der Waals surface area contributed by atoms with Crippen LogP contribution in [0.1, 0.15) is 5.56 Å². The summed E-state index contributed by atoms with van der Waals surface area (Å²) in [6, 6.07) is 8.03. The summed E-state index contributed by atoms with van der Waals surface area (Å²) in [5.41, 5.74) is 1.16. The summed E-state index contributed by atoms with van der Waals surface area (Å²) in [7, 11) is 0. The molecule has 23 heavy (non-hydrogen) atoms. The van der Waals surface area contributed by atoms with E-state index >= 15 is 0 Å². The largest absolute Gasteiger partial charge is 0.336 e. The zero-order chi connectivity index (χ0) is 15.9. The Morgan fingerprint density at radius 3 is 2.04 bits per heavy atom. The molecular formula is C17H20ClN5. The van der Waals surface area contributed by atoms with E-state index in [1.54, 1.807) is 0 Å². The Hall–Kier alpha value is -2.11. The Morgan fingerprint density at radius 2 is 1.52 bits per heavy atom. The van der Waals surface area contributed by atoms with Gasteiger partial charge in [0.05, 0.1) is 12.7 Å². The molecule has 0 amide bonds. The molecule has 0 bridgehead atoms. The molecule has 0 spiro atoms. The van der Waals surface area contributed by atoms with E-state index in [0.717, 1.165) is 43.3 Å². The van der Waals surface area contributed by atoms with Gasteiger partial charge >= 0.3 is 0 Å². The number of nitrogens with zero attached hydrogens (tertiary/aromatic N) is 5. The molecule has 0 fully saturated rings. The zero-order valence-corrected chi connectivity index (χ0v) is 13.7. The SMILES string of the molecule is Clc1ccccc1CN(CCn1ccnc1)CCn1ccnc1. The Kier molecular flexibility index (Phi) is 5.45. The number of benzene rings is 1. The summed E-state index contributed by atoms with van der Waals surface area (Å²) in [4.78, 5) is 10.6. The predicted molar refractivity (Wildman–Crippen MR) is 91.2 cm³/mol. The quantitative estimate of drug-likeness (QED) is 0.638. The van der Waals surface area contributed by atoms with Crippen molar-refractivity contribution in [2.45, 2.75) is 19.6 Å². The van der Waals surface area contributed by atoms with Crippen molar-refractivity contribution >= 4 is 11.6 Å². The molecule has 2 heterocycles. The molecule has 0 aliphatic carbocycles. The lowest BCUT2D eigenvalue weighted by Gasteiger charge is -2.23. The Bertz CT molecular complexity index is 655. The van der Waals surface area contributed by atoms with E-state index in [2.05, 4.69) is 30.1 Å². The first-order valence-electron chi connectivity index (χ1n) is 7.68. The fourth-order valence-corrected chi connectivity index (χ4v) is 2.68. The van der Waals surface area contributed by atoms with Crippen LogP contribution in [0.4, 0.5) is 0 Å². The summed E-state index contributed by atoms with van der Waals surface area (Å²) in [5.74, 6) is 0. The van der Waals surface area contributed by atoms with Crippen LogP contribution in [0, 0.1) is 0 Å². The van der Waals surface area contributed by atoms with Gasteiger partial charge in [0, 0.05) is 62.5 Å². The minimum absolute atomic E-state index is 0.822. The van der Waals surface area contributed by atoms with Gasteiger partial charge in [0.2, 0.25) is 0 Å². The van der Waals surface area contributed by atoms with Crippen molar-refractivity contribution in [3.63, 3.8) is 0 Å². The summed E-state index contributed by atoms with van der Waals surface area (Å²) >= 11 is 6.31. The lowest BCUT2D eigenvalue weighted by Crippen LogP contribution is -2.30. The van der Waals surface area contributed by atoms with Gasteiger partial charge in [0.25, 0.3) is 0 Å². The molecule has 1 aromatic carbocycles. The molecule has 120 valence electrons. The molecule has 0 saturated heterocycles. The Morgan fingerprint density at radius 1 is 0.913 bits per heavy atom.